The molecular weight excluding hydrogens is 401 g/mol. The monoisotopic (exact) mass is 425 g/mol. The maximum Gasteiger partial charge on any atom is 0.251 e. The van der Waals surface area contributed by atoms with Crippen LogP contribution in [0.2, 0.25) is 0 Å². The molecule has 32 heavy (non-hydrogen) atoms. The zero-order chi connectivity index (χ0) is 22.3. The maximum absolute atomic E-state index is 15.3. The molecule has 1 N–H and O–H groups in total. The van der Waals surface area contributed by atoms with Crippen molar-refractivity contribution in [1.82, 2.24) is 10.3 Å². The van der Waals surface area contributed by atoms with Crippen molar-refractivity contribution in [2.24, 2.45) is 0 Å². The molecule has 3 aromatic rings. The highest BCUT2D eigenvalue weighted by Crippen LogP contribution is 2.43. The minimum atomic E-state index is -0.562. The summed E-state index contributed by atoms with van der Waals surface area (Å²) in [6, 6.07) is 16.0. The molecule has 0 bridgehead atoms. The van der Waals surface area contributed by atoms with E-state index in [4.69, 9.17) is 5.26 Å². The van der Waals surface area contributed by atoms with Gasteiger partial charge in [0.05, 0.1) is 17.2 Å². The molecule has 1 heterocycles. The Balaban J connectivity index is 1.40. The maximum atomic E-state index is 15.3. The van der Waals surface area contributed by atoms with Gasteiger partial charge >= 0.3 is 0 Å². The molecule has 0 spiro atoms. The first-order chi connectivity index (χ1) is 15.5. The zero-order valence-electron chi connectivity index (χ0n) is 18.0. The second-order valence-corrected chi connectivity index (χ2v) is 8.97. The minimum absolute atomic E-state index is 0.214. The lowest BCUT2D eigenvalue weighted by Gasteiger charge is -2.43. The molecule has 0 aliphatic heterocycles. The summed E-state index contributed by atoms with van der Waals surface area (Å²) in [6.45, 7) is 2.00. The average Bonchev–Trinajstić information content (AvgIpc) is 3.62. The highest BCUT2D eigenvalue weighted by Gasteiger charge is 2.40. The number of carbonyl (C=O) groups is 1. The van der Waals surface area contributed by atoms with E-state index in [0.29, 0.717) is 22.6 Å². The Morgan fingerprint density at radius 2 is 1.88 bits per heavy atom. The van der Waals surface area contributed by atoms with Crippen molar-refractivity contribution in [3.05, 3.63) is 88.5 Å². The van der Waals surface area contributed by atoms with Crippen molar-refractivity contribution in [2.45, 2.75) is 50.5 Å². The predicted molar refractivity (Wildman–Crippen MR) is 120 cm³/mol. The van der Waals surface area contributed by atoms with E-state index in [1.165, 1.54) is 12.8 Å². The van der Waals surface area contributed by atoms with Crippen molar-refractivity contribution < 1.29 is 9.18 Å². The van der Waals surface area contributed by atoms with Gasteiger partial charge in [-0.1, -0.05) is 12.1 Å². The molecule has 0 unspecified atom stereocenters. The number of carbonyl (C=O) groups excluding carboxylic acids is 1. The first-order valence-corrected chi connectivity index (χ1v) is 11.1. The average molecular weight is 426 g/mol. The Bertz CT molecular complexity index is 1230. The molecule has 0 radical (unpaired) electrons. The lowest BCUT2D eigenvalue weighted by Crippen LogP contribution is -2.50. The second-order valence-electron chi connectivity index (χ2n) is 8.97. The Morgan fingerprint density at radius 1 is 1.12 bits per heavy atom. The normalized spacial score (nSPS) is 16.7. The Kier molecular flexibility index (Phi) is 5.01. The van der Waals surface area contributed by atoms with Gasteiger partial charge in [-0.2, -0.15) is 5.26 Å². The van der Waals surface area contributed by atoms with E-state index < -0.39 is 5.54 Å². The molecule has 2 fully saturated rings. The van der Waals surface area contributed by atoms with E-state index in [2.05, 4.69) is 22.4 Å². The molecule has 5 heteroatoms. The van der Waals surface area contributed by atoms with E-state index >= 15 is 4.39 Å². The third-order valence-electron chi connectivity index (χ3n) is 6.78. The highest BCUT2D eigenvalue weighted by atomic mass is 19.1. The molecule has 1 amide bonds. The van der Waals surface area contributed by atoms with Crippen LogP contribution in [0.15, 0.2) is 54.7 Å². The number of hydrogen-bond donors (Lipinski definition) is 1. The van der Waals surface area contributed by atoms with Gasteiger partial charge in [-0.05, 0) is 86.6 Å². The van der Waals surface area contributed by atoms with Gasteiger partial charge in [0.2, 0.25) is 0 Å². The molecular formula is C27H24FN3O. The summed E-state index contributed by atoms with van der Waals surface area (Å²) < 4.78 is 15.3. The second kappa shape index (κ2) is 7.87. The van der Waals surface area contributed by atoms with Gasteiger partial charge < -0.3 is 5.32 Å². The molecule has 1 aromatic heterocycles. The molecule has 0 atom stereocenters. The molecule has 0 saturated heterocycles. The third kappa shape index (κ3) is 3.67. The van der Waals surface area contributed by atoms with Gasteiger partial charge in [0, 0.05) is 34.5 Å². The number of nitriles is 1. The summed E-state index contributed by atoms with van der Waals surface area (Å²) in [5.41, 5.74) is 4.69. The van der Waals surface area contributed by atoms with Crippen molar-refractivity contribution in [1.29, 1.82) is 5.26 Å². The Labute approximate surface area is 187 Å². The van der Waals surface area contributed by atoms with Crippen LogP contribution in [-0.4, -0.2) is 10.9 Å². The molecule has 5 rings (SSSR count). The standard InChI is InChI=1S/C27H24FN3O/c1-17-13-25(19-7-8-19)30-16-23(17)22-10-9-21(14-24(22)28)27(11-2-12-27)31-26(32)20-5-3-18(15-29)4-6-20/h3-6,9-10,13-14,16,19H,2,7-8,11-12H2,1H3,(H,31,32). The largest absolute Gasteiger partial charge is 0.343 e. The summed E-state index contributed by atoms with van der Waals surface area (Å²) in [5.74, 6) is 0.0491. The summed E-state index contributed by atoms with van der Waals surface area (Å²) in [7, 11) is 0. The number of benzene rings is 2. The Morgan fingerprint density at radius 3 is 2.44 bits per heavy atom. The first kappa shape index (κ1) is 20.4. The van der Waals surface area contributed by atoms with Gasteiger partial charge in [-0.15, -0.1) is 0 Å². The molecule has 160 valence electrons. The predicted octanol–water partition coefficient (Wildman–Crippen LogP) is 5.75. The topological polar surface area (TPSA) is 65.8 Å². The summed E-state index contributed by atoms with van der Waals surface area (Å²) in [6.07, 6.45) is 6.67. The third-order valence-corrected chi connectivity index (χ3v) is 6.78. The molecule has 2 saturated carbocycles. The Hall–Kier alpha value is -3.52. The van der Waals surface area contributed by atoms with Crippen LogP contribution in [-0.2, 0) is 5.54 Å². The SMILES string of the molecule is Cc1cc(C2CC2)ncc1-c1ccc(C2(NC(=O)c3ccc(C#N)cc3)CCC2)cc1F. The fourth-order valence-corrected chi connectivity index (χ4v) is 4.50. The van der Waals surface area contributed by atoms with E-state index in [1.54, 1.807) is 42.6 Å². The lowest BCUT2D eigenvalue weighted by molar-refractivity contribution is 0.0823. The number of amides is 1. The fraction of sp³-hybridized carbons (Fsp3) is 0.296. The van der Waals surface area contributed by atoms with Crippen LogP contribution >= 0.6 is 0 Å². The van der Waals surface area contributed by atoms with E-state index in [0.717, 1.165) is 41.6 Å². The summed E-state index contributed by atoms with van der Waals surface area (Å²) in [5, 5.41) is 12.1. The van der Waals surface area contributed by atoms with Gasteiger partial charge in [0.25, 0.3) is 5.91 Å². The van der Waals surface area contributed by atoms with Crippen LogP contribution in [0, 0.1) is 24.1 Å². The number of nitrogens with zero attached hydrogens (tertiary/aromatic N) is 2. The van der Waals surface area contributed by atoms with E-state index in [9.17, 15) is 4.79 Å². The van der Waals surface area contributed by atoms with Crippen LogP contribution in [0.1, 0.15) is 70.8 Å². The van der Waals surface area contributed by atoms with Crippen LogP contribution in [0.5, 0.6) is 0 Å². The van der Waals surface area contributed by atoms with Crippen LogP contribution in [0.25, 0.3) is 11.1 Å². The summed E-state index contributed by atoms with van der Waals surface area (Å²) >= 11 is 0. The van der Waals surface area contributed by atoms with Crippen molar-refractivity contribution in [2.75, 3.05) is 0 Å². The van der Waals surface area contributed by atoms with E-state index in [1.807, 2.05) is 13.0 Å². The number of aryl methyl sites for hydroxylation is 1. The highest BCUT2D eigenvalue weighted by molar-refractivity contribution is 5.95. The smallest absolute Gasteiger partial charge is 0.251 e. The van der Waals surface area contributed by atoms with Crippen molar-refractivity contribution >= 4 is 5.91 Å². The number of nitrogens with one attached hydrogen (secondary N) is 1. The number of aromatic nitrogens is 1. The van der Waals surface area contributed by atoms with Crippen LogP contribution < -0.4 is 5.32 Å². The van der Waals surface area contributed by atoms with Gasteiger partial charge in [-0.3, -0.25) is 9.78 Å². The van der Waals surface area contributed by atoms with Crippen LogP contribution in [0.3, 0.4) is 0 Å². The lowest BCUT2D eigenvalue weighted by atomic mass is 9.71. The fourth-order valence-electron chi connectivity index (χ4n) is 4.50. The first-order valence-electron chi connectivity index (χ1n) is 11.1. The molecule has 4 nitrogen and oxygen atoms in total. The van der Waals surface area contributed by atoms with Crippen LogP contribution in [0.4, 0.5) is 4.39 Å². The summed E-state index contributed by atoms with van der Waals surface area (Å²) in [4.78, 5) is 17.4. The zero-order valence-corrected chi connectivity index (χ0v) is 18.0. The number of halogens is 1. The number of pyridine rings is 1. The van der Waals surface area contributed by atoms with Gasteiger partial charge in [0.15, 0.2) is 0 Å². The van der Waals surface area contributed by atoms with Gasteiger partial charge in [0.1, 0.15) is 5.82 Å². The number of hydrogen-bond acceptors (Lipinski definition) is 3. The van der Waals surface area contributed by atoms with Crippen molar-refractivity contribution in [3.8, 4) is 17.2 Å². The minimum Gasteiger partial charge on any atom is -0.343 e. The van der Waals surface area contributed by atoms with Crippen molar-refractivity contribution in [3.63, 3.8) is 0 Å². The quantitative estimate of drug-likeness (QED) is 0.566. The molecule has 2 aromatic carbocycles. The van der Waals surface area contributed by atoms with Gasteiger partial charge in [-0.25, -0.2) is 4.39 Å². The van der Waals surface area contributed by atoms with E-state index in [-0.39, 0.29) is 11.7 Å². The number of rotatable bonds is 5. The molecule has 2 aliphatic rings. The molecule has 2 aliphatic carbocycles.